The van der Waals surface area contributed by atoms with Crippen molar-refractivity contribution < 1.29 is 4.79 Å². The summed E-state index contributed by atoms with van der Waals surface area (Å²) in [5, 5.41) is 7.13. The molecule has 3 aromatic rings. The lowest BCUT2D eigenvalue weighted by Crippen LogP contribution is -2.20. The first-order valence-corrected chi connectivity index (χ1v) is 6.87. The number of rotatable bonds is 3. The molecule has 0 aliphatic carbocycles. The highest BCUT2D eigenvalue weighted by atomic mass is 79.9. The number of amides is 1. The number of aromatic amines is 1. The minimum absolute atomic E-state index is 0.0178. The number of aromatic nitrogens is 4. The van der Waals surface area contributed by atoms with Gasteiger partial charge in [0.2, 0.25) is 5.91 Å². The second-order valence-electron chi connectivity index (χ2n) is 4.33. The first-order valence-electron chi connectivity index (χ1n) is 6.08. The van der Waals surface area contributed by atoms with Crippen molar-refractivity contribution in [1.82, 2.24) is 19.7 Å². The van der Waals surface area contributed by atoms with E-state index >= 15 is 0 Å². The summed E-state index contributed by atoms with van der Waals surface area (Å²) in [6.07, 6.45) is 2.68. The smallest absolute Gasteiger partial charge is 0.261 e. The van der Waals surface area contributed by atoms with E-state index in [9.17, 15) is 9.59 Å². The van der Waals surface area contributed by atoms with Crippen LogP contribution < -0.4 is 10.9 Å². The Balaban J connectivity index is 1.79. The van der Waals surface area contributed by atoms with Gasteiger partial charge in [-0.15, -0.1) is 0 Å². The predicted molar refractivity (Wildman–Crippen MR) is 80.9 cm³/mol. The van der Waals surface area contributed by atoms with Gasteiger partial charge in [0.1, 0.15) is 11.9 Å². The van der Waals surface area contributed by atoms with Crippen molar-refractivity contribution >= 4 is 38.6 Å². The lowest BCUT2D eigenvalue weighted by atomic mass is 10.3. The van der Waals surface area contributed by atoms with Crippen molar-refractivity contribution in [3.8, 4) is 0 Å². The van der Waals surface area contributed by atoms with Crippen LogP contribution in [0.25, 0.3) is 11.0 Å². The minimum Gasteiger partial charge on any atom is -0.324 e. The fourth-order valence-corrected chi connectivity index (χ4v) is 2.15. The van der Waals surface area contributed by atoms with E-state index in [0.717, 1.165) is 4.47 Å². The summed E-state index contributed by atoms with van der Waals surface area (Å²) in [5.74, 6) is -0.246. The van der Waals surface area contributed by atoms with Crippen molar-refractivity contribution in [2.75, 3.05) is 5.32 Å². The second-order valence-corrected chi connectivity index (χ2v) is 5.24. The van der Waals surface area contributed by atoms with E-state index in [2.05, 4.69) is 36.3 Å². The maximum atomic E-state index is 12.0. The third-order valence-electron chi connectivity index (χ3n) is 2.86. The number of fused-ring (bicyclic) bond motifs is 1. The molecule has 0 radical (unpaired) electrons. The highest BCUT2D eigenvalue weighted by molar-refractivity contribution is 9.10. The average Bonchev–Trinajstić information content (AvgIpc) is 2.86. The zero-order valence-corrected chi connectivity index (χ0v) is 12.3. The van der Waals surface area contributed by atoms with Gasteiger partial charge >= 0.3 is 0 Å². The van der Waals surface area contributed by atoms with Gasteiger partial charge in [-0.1, -0.05) is 15.9 Å². The van der Waals surface area contributed by atoms with Gasteiger partial charge < -0.3 is 10.3 Å². The number of nitrogens with one attached hydrogen (secondary N) is 2. The zero-order chi connectivity index (χ0) is 14.8. The molecular weight excluding hydrogens is 338 g/mol. The number of halogens is 1. The van der Waals surface area contributed by atoms with E-state index in [0.29, 0.717) is 16.7 Å². The highest BCUT2D eigenvalue weighted by Gasteiger charge is 2.10. The number of anilines is 1. The largest absolute Gasteiger partial charge is 0.324 e. The molecule has 1 amide bonds. The Morgan fingerprint density at radius 1 is 1.33 bits per heavy atom. The molecule has 2 heterocycles. The van der Waals surface area contributed by atoms with Crippen LogP contribution in [-0.4, -0.2) is 25.7 Å². The normalized spacial score (nSPS) is 10.7. The Kier molecular flexibility index (Phi) is 3.53. The molecule has 0 aliphatic heterocycles. The van der Waals surface area contributed by atoms with Crippen LogP contribution in [-0.2, 0) is 11.3 Å². The van der Waals surface area contributed by atoms with Gasteiger partial charge in [0.05, 0.1) is 12.5 Å². The van der Waals surface area contributed by atoms with Gasteiger partial charge in [-0.05, 0) is 24.3 Å². The average molecular weight is 348 g/mol. The minimum atomic E-state index is -0.278. The van der Waals surface area contributed by atoms with Crippen LogP contribution in [0.5, 0.6) is 0 Å². The standard InChI is InChI=1S/C13H10BrN5O2/c14-8-1-3-9(4-2-8)18-11(20)6-19-12-10(5-17-19)13(21)16-7-15-12/h1-5,7H,6H2,(H,18,20)(H,15,16,21). The number of nitrogens with zero attached hydrogens (tertiary/aromatic N) is 3. The molecule has 21 heavy (non-hydrogen) atoms. The summed E-state index contributed by atoms with van der Waals surface area (Å²) in [6.45, 7) is -0.0178. The molecule has 0 fully saturated rings. The molecule has 0 unspecified atom stereocenters. The lowest BCUT2D eigenvalue weighted by Gasteiger charge is -2.06. The Morgan fingerprint density at radius 3 is 2.86 bits per heavy atom. The summed E-state index contributed by atoms with van der Waals surface area (Å²) in [7, 11) is 0. The summed E-state index contributed by atoms with van der Waals surface area (Å²) in [4.78, 5) is 30.0. The number of carbonyl (C=O) groups excluding carboxylic acids is 1. The molecule has 3 rings (SSSR count). The summed E-state index contributed by atoms with van der Waals surface area (Å²) in [5.41, 5.74) is 0.787. The van der Waals surface area contributed by atoms with Gasteiger partial charge in [-0.2, -0.15) is 5.10 Å². The van der Waals surface area contributed by atoms with Crippen LogP contribution in [0.1, 0.15) is 0 Å². The summed E-state index contributed by atoms with van der Waals surface area (Å²) >= 11 is 3.33. The molecule has 0 spiro atoms. The quantitative estimate of drug-likeness (QED) is 0.751. The molecule has 8 heteroatoms. The Labute approximate surface area is 127 Å². The van der Waals surface area contributed by atoms with Gasteiger partial charge in [-0.25, -0.2) is 9.67 Å². The molecule has 0 atom stereocenters. The van der Waals surface area contributed by atoms with E-state index in [1.54, 1.807) is 12.1 Å². The molecular formula is C13H10BrN5O2. The molecule has 0 saturated carbocycles. The van der Waals surface area contributed by atoms with E-state index in [-0.39, 0.29) is 18.0 Å². The Bertz CT molecular complexity index is 853. The van der Waals surface area contributed by atoms with E-state index in [1.165, 1.54) is 17.2 Å². The van der Waals surface area contributed by atoms with Crippen molar-refractivity contribution in [1.29, 1.82) is 0 Å². The summed E-state index contributed by atoms with van der Waals surface area (Å²) < 4.78 is 2.32. The van der Waals surface area contributed by atoms with Gasteiger partial charge in [0.25, 0.3) is 5.56 Å². The Morgan fingerprint density at radius 2 is 2.10 bits per heavy atom. The molecule has 2 aromatic heterocycles. The van der Waals surface area contributed by atoms with Gasteiger partial charge in [0, 0.05) is 10.2 Å². The van der Waals surface area contributed by atoms with E-state index in [4.69, 9.17) is 0 Å². The van der Waals surface area contributed by atoms with E-state index < -0.39 is 0 Å². The van der Waals surface area contributed by atoms with Crippen LogP contribution in [0.4, 0.5) is 5.69 Å². The topological polar surface area (TPSA) is 92.7 Å². The fourth-order valence-electron chi connectivity index (χ4n) is 1.89. The van der Waals surface area contributed by atoms with Crippen LogP contribution in [0.15, 0.2) is 46.1 Å². The first kappa shape index (κ1) is 13.5. The lowest BCUT2D eigenvalue weighted by molar-refractivity contribution is -0.116. The third-order valence-corrected chi connectivity index (χ3v) is 3.39. The van der Waals surface area contributed by atoms with Crippen LogP contribution in [0.3, 0.4) is 0 Å². The molecule has 0 aliphatic rings. The predicted octanol–water partition coefficient (Wildman–Crippen LogP) is 1.52. The monoisotopic (exact) mass is 347 g/mol. The molecule has 106 valence electrons. The molecule has 0 bridgehead atoms. The number of carbonyl (C=O) groups is 1. The second kappa shape index (κ2) is 5.49. The summed E-state index contributed by atoms with van der Waals surface area (Å²) in [6, 6.07) is 7.23. The van der Waals surface area contributed by atoms with Crippen LogP contribution >= 0.6 is 15.9 Å². The third kappa shape index (κ3) is 2.84. The van der Waals surface area contributed by atoms with Gasteiger partial charge in [-0.3, -0.25) is 9.59 Å². The SMILES string of the molecule is O=C(Cn1ncc2c(=O)[nH]cnc21)Nc1ccc(Br)cc1. The Hall–Kier alpha value is -2.48. The molecule has 1 aromatic carbocycles. The van der Waals surface area contributed by atoms with Crippen molar-refractivity contribution in [2.45, 2.75) is 6.54 Å². The molecule has 2 N–H and O–H groups in total. The maximum Gasteiger partial charge on any atom is 0.261 e. The van der Waals surface area contributed by atoms with Crippen molar-refractivity contribution in [2.24, 2.45) is 0 Å². The van der Waals surface area contributed by atoms with Crippen molar-refractivity contribution in [3.05, 3.63) is 51.6 Å². The van der Waals surface area contributed by atoms with Crippen molar-refractivity contribution in [3.63, 3.8) is 0 Å². The number of hydrogen-bond donors (Lipinski definition) is 2. The first-order chi connectivity index (χ1) is 10.1. The van der Waals surface area contributed by atoms with E-state index in [1.807, 2.05) is 12.1 Å². The number of benzene rings is 1. The zero-order valence-electron chi connectivity index (χ0n) is 10.7. The highest BCUT2D eigenvalue weighted by Crippen LogP contribution is 2.14. The number of hydrogen-bond acceptors (Lipinski definition) is 4. The van der Waals surface area contributed by atoms with Gasteiger partial charge in [0.15, 0.2) is 5.65 Å². The maximum absolute atomic E-state index is 12.0. The van der Waals surface area contributed by atoms with Crippen LogP contribution in [0, 0.1) is 0 Å². The fraction of sp³-hybridized carbons (Fsp3) is 0.0769. The van der Waals surface area contributed by atoms with Crippen LogP contribution in [0.2, 0.25) is 0 Å². The number of H-pyrrole nitrogens is 1. The molecule has 7 nitrogen and oxygen atoms in total. The molecule has 0 saturated heterocycles.